The van der Waals surface area contributed by atoms with Crippen molar-refractivity contribution >= 4 is 29.2 Å². The van der Waals surface area contributed by atoms with Crippen LogP contribution in [0.25, 0.3) is 11.1 Å². The van der Waals surface area contributed by atoms with E-state index in [9.17, 15) is 18.8 Å². The van der Waals surface area contributed by atoms with Crippen molar-refractivity contribution in [3.05, 3.63) is 78.4 Å². The molecule has 3 aromatic rings. The van der Waals surface area contributed by atoms with Crippen molar-refractivity contribution in [2.45, 2.75) is 32.8 Å². The summed E-state index contributed by atoms with van der Waals surface area (Å²) in [4.78, 5) is 41.3. The molecule has 33 heavy (non-hydrogen) atoms. The topological polar surface area (TPSA) is 97.4 Å². The number of anilines is 2. The standard InChI is InChI=1S/C25H24FN3O4/c1-25(2,3)33-24(32)29-20-10-9-19(26)13-21(20)28-23(31)14-22(30)17-7-4-6-16(12-17)18-8-5-11-27-15-18/h4-13,15H,14H2,1-3H3,(H,28,31)(H,29,32). The quantitative estimate of drug-likeness (QED) is 0.385. The number of ether oxygens (including phenoxy) is 1. The number of ketones is 1. The number of aromatic nitrogens is 1. The minimum atomic E-state index is -0.757. The molecular formula is C25H24FN3O4. The molecule has 8 heteroatoms. The molecule has 2 aromatic carbocycles. The molecule has 0 radical (unpaired) electrons. The van der Waals surface area contributed by atoms with Crippen molar-refractivity contribution in [2.24, 2.45) is 0 Å². The van der Waals surface area contributed by atoms with E-state index in [1.807, 2.05) is 12.1 Å². The molecule has 0 saturated heterocycles. The maximum Gasteiger partial charge on any atom is 0.412 e. The molecule has 7 nitrogen and oxygen atoms in total. The second-order valence-electron chi connectivity index (χ2n) is 8.29. The van der Waals surface area contributed by atoms with Crippen LogP contribution in [0, 0.1) is 5.82 Å². The van der Waals surface area contributed by atoms with E-state index in [-0.39, 0.29) is 11.4 Å². The maximum absolute atomic E-state index is 13.8. The van der Waals surface area contributed by atoms with Crippen molar-refractivity contribution in [3.63, 3.8) is 0 Å². The van der Waals surface area contributed by atoms with E-state index >= 15 is 0 Å². The molecule has 2 N–H and O–H groups in total. The number of halogens is 1. The SMILES string of the molecule is CC(C)(C)OC(=O)Nc1ccc(F)cc1NC(=O)CC(=O)c1cccc(-c2cccnc2)c1. The molecule has 0 bridgehead atoms. The van der Waals surface area contributed by atoms with E-state index < -0.39 is 35.6 Å². The van der Waals surface area contributed by atoms with Gasteiger partial charge in [-0.3, -0.25) is 19.9 Å². The second-order valence-corrected chi connectivity index (χ2v) is 8.29. The van der Waals surface area contributed by atoms with Crippen molar-refractivity contribution in [3.8, 4) is 11.1 Å². The first-order chi connectivity index (χ1) is 15.6. The second kappa shape index (κ2) is 10.0. The molecule has 170 valence electrons. The summed E-state index contributed by atoms with van der Waals surface area (Å²) in [7, 11) is 0. The van der Waals surface area contributed by atoms with Gasteiger partial charge in [-0.2, -0.15) is 0 Å². The van der Waals surface area contributed by atoms with E-state index in [1.54, 1.807) is 57.4 Å². The van der Waals surface area contributed by atoms with Crippen molar-refractivity contribution < 1.29 is 23.5 Å². The van der Waals surface area contributed by atoms with Gasteiger partial charge in [0.05, 0.1) is 17.8 Å². The third kappa shape index (κ3) is 6.96. The fraction of sp³-hybridized carbons (Fsp3) is 0.200. The lowest BCUT2D eigenvalue weighted by molar-refractivity contribution is -0.115. The molecule has 1 heterocycles. The zero-order chi connectivity index (χ0) is 24.0. The van der Waals surface area contributed by atoms with Gasteiger partial charge < -0.3 is 10.1 Å². The van der Waals surface area contributed by atoms with Gasteiger partial charge in [0, 0.05) is 23.5 Å². The predicted octanol–water partition coefficient (Wildman–Crippen LogP) is 5.45. The number of benzene rings is 2. The molecule has 3 rings (SSSR count). The molecule has 0 spiro atoms. The number of carbonyl (C=O) groups is 3. The first kappa shape index (κ1) is 23.6. The lowest BCUT2D eigenvalue weighted by Crippen LogP contribution is -2.27. The molecule has 0 fully saturated rings. The Kier molecular flexibility index (Phi) is 7.17. The van der Waals surface area contributed by atoms with Gasteiger partial charge in [0.25, 0.3) is 0 Å². The highest BCUT2D eigenvalue weighted by atomic mass is 19.1. The summed E-state index contributed by atoms with van der Waals surface area (Å²) in [5.41, 5.74) is 1.42. The smallest absolute Gasteiger partial charge is 0.412 e. The average Bonchev–Trinajstić information content (AvgIpc) is 2.75. The van der Waals surface area contributed by atoms with E-state index in [0.717, 1.165) is 23.3 Å². The highest BCUT2D eigenvalue weighted by molar-refractivity contribution is 6.12. The maximum atomic E-state index is 13.8. The van der Waals surface area contributed by atoms with E-state index in [4.69, 9.17) is 4.74 Å². The summed E-state index contributed by atoms with van der Waals surface area (Å²) in [6, 6.07) is 14.0. The van der Waals surface area contributed by atoms with Gasteiger partial charge in [0.1, 0.15) is 11.4 Å². The van der Waals surface area contributed by atoms with Gasteiger partial charge in [-0.1, -0.05) is 24.3 Å². The number of amides is 2. The first-order valence-electron chi connectivity index (χ1n) is 10.2. The molecule has 0 aliphatic rings. The Bertz CT molecular complexity index is 1170. The molecule has 1 aromatic heterocycles. The van der Waals surface area contributed by atoms with Crippen molar-refractivity contribution in [1.29, 1.82) is 0 Å². The van der Waals surface area contributed by atoms with Gasteiger partial charge in [-0.15, -0.1) is 0 Å². The minimum absolute atomic E-state index is 0.0165. The predicted molar refractivity (Wildman–Crippen MR) is 124 cm³/mol. The van der Waals surface area contributed by atoms with Gasteiger partial charge in [-0.05, 0) is 56.7 Å². The Morgan fingerprint density at radius 1 is 0.939 bits per heavy atom. The first-order valence-corrected chi connectivity index (χ1v) is 10.2. The van der Waals surface area contributed by atoms with Crippen LogP contribution in [0.1, 0.15) is 37.6 Å². The summed E-state index contributed by atoms with van der Waals surface area (Å²) in [6.45, 7) is 5.11. The van der Waals surface area contributed by atoms with Gasteiger partial charge >= 0.3 is 6.09 Å². The molecule has 2 amide bonds. The Morgan fingerprint density at radius 2 is 1.70 bits per heavy atom. The highest BCUT2D eigenvalue weighted by Crippen LogP contribution is 2.25. The third-order valence-electron chi connectivity index (χ3n) is 4.39. The number of carbonyl (C=O) groups excluding carboxylic acids is 3. The van der Waals surface area contributed by atoms with Crippen LogP contribution < -0.4 is 10.6 Å². The van der Waals surface area contributed by atoms with Crippen LogP contribution in [0.3, 0.4) is 0 Å². The Labute approximate surface area is 191 Å². The highest BCUT2D eigenvalue weighted by Gasteiger charge is 2.19. The number of rotatable bonds is 6. The molecule has 0 aliphatic carbocycles. The van der Waals surface area contributed by atoms with Crippen molar-refractivity contribution in [2.75, 3.05) is 10.6 Å². The van der Waals surface area contributed by atoms with Crippen LogP contribution in [0.4, 0.5) is 20.6 Å². The zero-order valence-electron chi connectivity index (χ0n) is 18.5. The van der Waals surface area contributed by atoms with Crippen molar-refractivity contribution in [1.82, 2.24) is 4.98 Å². The summed E-state index contributed by atoms with van der Waals surface area (Å²) < 4.78 is 19.0. The summed E-state index contributed by atoms with van der Waals surface area (Å²) >= 11 is 0. The van der Waals surface area contributed by atoms with Crippen LogP contribution >= 0.6 is 0 Å². The Balaban J connectivity index is 1.70. The molecular weight excluding hydrogens is 425 g/mol. The number of nitrogens with one attached hydrogen (secondary N) is 2. The minimum Gasteiger partial charge on any atom is -0.444 e. The van der Waals surface area contributed by atoms with Gasteiger partial charge in [-0.25, -0.2) is 9.18 Å². The normalized spacial score (nSPS) is 10.9. The van der Waals surface area contributed by atoms with Gasteiger partial charge in [0.15, 0.2) is 5.78 Å². The fourth-order valence-corrected chi connectivity index (χ4v) is 2.99. The fourth-order valence-electron chi connectivity index (χ4n) is 2.99. The van der Waals surface area contributed by atoms with Crippen LogP contribution in [-0.4, -0.2) is 28.4 Å². The van der Waals surface area contributed by atoms with E-state index in [0.29, 0.717) is 5.56 Å². The Morgan fingerprint density at radius 3 is 2.39 bits per heavy atom. The lowest BCUT2D eigenvalue weighted by atomic mass is 10.0. The van der Waals surface area contributed by atoms with Gasteiger partial charge in [0.2, 0.25) is 5.91 Å². The average molecular weight is 449 g/mol. The molecule has 0 atom stereocenters. The summed E-state index contributed by atoms with van der Waals surface area (Å²) in [6.07, 6.45) is 2.12. The molecule has 0 unspecified atom stereocenters. The number of hydrogen-bond acceptors (Lipinski definition) is 5. The summed E-state index contributed by atoms with van der Waals surface area (Å²) in [5.74, 6) is -1.67. The Hall–Kier alpha value is -4.07. The zero-order valence-corrected chi connectivity index (χ0v) is 18.5. The monoisotopic (exact) mass is 449 g/mol. The lowest BCUT2D eigenvalue weighted by Gasteiger charge is -2.20. The van der Waals surface area contributed by atoms with Crippen LogP contribution in [0.2, 0.25) is 0 Å². The number of Topliss-reactive ketones (excluding diaryl/α,β-unsaturated/α-hetero) is 1. The molecule has 0 aliphatic heterocycles. The molecule has 0 saturated carbocycles. The van der Waals surface area contributed by atoms with Crippen LogP contribution in [0.5, 0.6) is 0 Å². The van der Waals surface area contributed by atoms with E-state index in [1.165, 1.54) is 6.07 Å². The van der Waals surface area contributed by atoms with Crippen LogP contribution in [0.15, 0.2) is 67.0 Å². The largest absolute Gasteiger partial charge is 0.444 e. The third-order valence-corrected chi connectivity index (χ3v) is 4.39. The van der Waals surface area contributed by atoms with E-state index in [2.05, 4.69) is 15.6 Å². The number of pyridine rings is 1. The number of nitrogens with zero attached hydrogens (tertiary/aromatic N) is 1. The van der Waals surface area contributed by atoms with Crippen LogP contribution in [-0.2, 0) is 9.53 Å². The number of hydrogen-bond donors (Lipinski definition) is 2. The summed E-state index contributed by atoms with van der Waals surface area (Å²) in [5, 5.41) is 4.96.